The summed E-state index contributed by atoms with van der Waals surface area (Å²) in [7, 11) is 3.83. The summed E-state index contributed by atoms with van der Waals surface area (Å²) >= 11 is 0. The van der Waals surface area contributed by atoms with Gasteiger partial charge in [-0.05, 0) is 38.6 Å². The number of likely N-dealkylation sites (N-methyl/N-ethyl adjacent to an activating group) is 1. The summed E-state index contributed by atoms with van der Waals surface area (Å²) in [6, 6.07) is 8.34. The van der Waals surface area contributed by atoms with Gasteiger partial charge in [-0.2, -0.15) is 0 Å². The Morgan fingerprint density at radius 2 is 2.06 bits per heavy atom. The van der Waals surface area contributed by atoms with E-state index in [1.54, 1.807) is 7.11 Å². The molecule has 0 amide bonds. The van der Waals surface area contributed by atoms with Crippen LogP contribution in [0.2, 0.25) is 0 Å². The molecule has 0 aliphatic carbocycles. The van der Waals surface area contributed by atoms with Crippen molar-refractivity contribution in [3.8, 4) is 11.5 Å². The molecule has 0 saturated carbocycles. The minimum Gasteiger partial charge on any atom is -0.493 e. The third-order valence-corrected chi connectivity index (χ3v) is 3.17. The van der Waals surface area contributed by atoms with Crippen molar-refractivity contribution in [2.75, 3.05) is 27.3 Å². The van der Waals surface area contributed by atoms with Crippen LogP contribution in [0.15, 0.2) is 24.3 Å². The first-order chi connectivity index (χ1) is 7.81. The Morgan fingerprint density at radius 1 is 1.31 bits per heavy atom. The number of rotatable bonds is 4. The van der Waals surface area contributed by atoms with E-state index in [9.17, 15) is 0 Å². The van der Waals surface area contributed by atoms with Crippen LogP contribution in [-0.2, 0) is 0 Å². The Hall–Kier alpha value is -1.22. The van der Waals surface area contributed by atoms with Crippen LogP contribution in [0.25, 0.3) is 0 Å². The summed E-state index contributed by atoms with van der Waals surface area (Å²) in [5.41, 5.74) is 0. The zero-order valence-electron chi connectivity index (χ0n) is 9.98. The summed E-state index contributed by atoms with van der Waals surface area (Å²) in [5, 5.41) is 0. The smallest absolute Gasteiger partial charge is 0.161 e. The maximum atomic E-state index is 5.82. The molecular weight excluding hydrogens is 202 g/mol. The Morgan fingerprint density at radius 3 is 2.69 bits per heavy atom. The SMILES string of the molecule is COc1ccccc1OC[C@@H]1CCCN1C. The molecule has 0 N–H and O–H groups in total. The third kappa shape index (κ3) is 2.47. The number of likely N-dealkylation sites (tertiary alicyclic amines) is 1. The van der Waals surface area contributed by atoms with E-state index in [4.69, 9.17) is 9.47 Å². The van der Waals surface area contributed by atoms with Gasteiger partial charge in [-0.15, -0.1) is 0 Å². The lowest BCUT2D eigenvalue weighted by molar-refractivity contribution is 0.193. The lowest BCUT2D eigenvalue weighted by Gasteiger charge is -2.20. The summed E-state index contributed by atoms with van der Waals surface area (Å²) in [4.78, 5) is 2.36. The Kier molecular flexibility index (Phi) is 3.67. The molecule has 3 nitrogen and oxygen atoms in total. The van der Waals surface area contributed by atoms with Crippen LogP contribution >= 0.6 is 0 Å². The molecule has 1 aliphatic rings. The first kappa shape index (κ1) is 11.3. The zero-order chi connectivity index (χ0) is 11.4. The lowest BCUT2D eigenvalue weighted by atomic mass is 10.2. The topological polar surface area (TPSA) is 21.7 Å². The minimum absolute atomic E-state index is 0.546. The largest absolute Gasteiger partial charge is 0.493 e. The average Bonchev–Trinajstić information content (AvgIpc) is 2.72. The fourth-order valence-electron chi connectivity index (χ4n) is 2.11. The fourth-order valence-corrected chi connectivity index (χ4v) is 2.11. The van der Waals surface area contributed by atoms with Gasteiger partial charge in [0.1, 0.15) is 6.61 Å². The van der Waals surface area contributed by atoms with Crippen molar-refractivity contribution in [2.45, 2.75) is 18.9 Å². The third-order valence-electron chi connectivity index (χ3n) is 3.17. The molecule has 0 aromatic heterocycles. The van der Waals surface area contributed by atoms with E-state index < -0.39 is 0 Å². The predicted molar refractivity (Wildman–Crippen MR) is 64.1 cm³/mol. The van der Waals surface area contributed by atoms with Gasteiger partial charge in [0.15, 0.2) is 11.5 Å². The summed E-state index contributed by atoms with van der Waals surface area (Å²) < 4.78 is 11.1. The molecule has 1 saturated heterocycles. The van der Waals surface area contributed by atoms with Gasteiger partial charge in [0.2, 0.25) is 0 Å². The quantitative estimate of drug-likeness (QED) is 0.777. The lowest BCUT2D eigenvalue weighted by Crippen LogP contribution is -2.30. The van der Waals surface area contributed by atoms with Crippen molar-refractivity contribution in [1.29, 1.82) is 0 Å². The van der Waals surface area contributed by atoms with Crippen LogP contribution in [0.5, 0.6) is 11.5 Å². The van der Waals surface area contributed by atoms with Crippen LogP contribution in [-0.4, -0.2) is 38.3 Å². The highest BCUT2D eigenvalue weighted by Crippen LogP contribution is 2.26. The highest BCUT2D eigenvalue weighted by atomic mass is 16.5. The number of benzene rings is 1. The van der Waals surface area contributed by atoms with Crippen molar-refractivity contribution in [3.63, 3.8) is 0 Å². The highest BCUT2D eigenvalue weighted by Gasteiger charge is 2.21. The van der Waals surface area contributed by atoms with E-state index >= 15 is 0 Å². The fraction of sp³-hybridized carbons (Fsp3) is 0.538. The van der Waals surface area contributed by atoms with Crippen molar-refractivity contribution < 1.29 is 9.47 Å². The van der Waals surface area contributed by atoms with Crippen molar-refractivity contribution >= 4 is 0 Å². The standard InChI is InChI=1S/C13H19NO2/c1-14-9-5-6-11(14)10-16-13-8-4-3-7-12(13)15-2/h3-4,7-8,11H,5-6,9-10H2,1-2H3/t11-/m0/s1. The minimum atomic E-state index is 0.546. The molecule has 0 bridgehead atoms. The molecule has 1 fully saturated rings. The monoisotopic (exact) mass is 221 g/mol. The summed E-state index contributed by atoms with van der Waals surface area (Å²) in [6.45, 7) is 1.93. The number of methoxy groups -OCH3 is 1. The molecule has 16 heavy (non-hydrogen) atoms. The molecule has 2 rings (SSSR count). The Bertz CT molecular complexity index is 340. The first-order valence-corrected chi connectivity index (χ1v) is 5.77. The molecule has 0 spiro atoms. The van der Waals surface area contributed by atoms with Crippen LogP contribution in [0.3, 0.4) is 0 Å². The maximum absolute atomic E-state index is 5.82. The first-order valence-electron chi connectivity index (χ1n) is 5.77. The van der Waals surface area contributed by atoms with Crippen LogP contribution in [0.4, 0.5) is 0 Å². The van der Waals surface area contributed by atoms with Gasteiger partial charge in [0, 0.05) is 6.04 Å². The molecule has 1 aromatic carbocycles. The molecule has 1 atom stereocenters. The number of para-hydroxylation sites is 2. The van der Waals surface area contributed by atoms with Gasteiger partial charge >= 0.3 is 0 Å². The van der Waals surface area contributed by atoms with Crippen LogP contribution in [0.1, 0.15) is 12.8 Å². The van der Waals surface area contributed by atoms with Crippen molar-refractivity contribution in [2.24, 2.45) is 0 Å². The Labute approximate surface area is 97.0 Å². The molecule has 1 heterocycles. The molecule has 1 aromatic rings. The second-order valence-electron chi connectivity index (χ2n) is 4.24. The molecule has 88 valence electrons. The van der Waals surface area contributed by atoms with Crippen molar-refractivity contribution in [1.82, 2.24) is 4.90 Å². The average molecular weight is 221 g/mol. The van der Waals surface area contributed by atoms with Gasteiger partial charge in [-0.3, -0.25) is 0 Å². The molecule has 0 unspecified atom stereocenters. The number of nitrogens with zero attached hydrogens (tertiary/aromatic N) is 1. The van der Waals surface area contributed by atoms with Crippen molar-refractivity contribution in [3.05, 3.63) is 24.3 Å². The van der Waals surface area contributed by atoms with E-state index in [0.717, 1.165) is 18.1 Å². The van der Waals surface area contributed by atoms with E-state index in [2.05, 4.69) is 11.9 Å². The molecule has 0 radical (unpaired) electrons. The van der Waals surface area contributed by atoms with Gasteiger partial charge in [0.05, 0.1) is 7.11 Å². The van der Waals surface area contributed by atoms with Gasteiger partial charge in [-0.25, -0.2) is 0 Å². The van der Waals surface area contributed by atoms with E-state index in [-0.39, 0.29) is 0 Å². The number of hydrogen-bond donors (Lipinski definition) is 0. The van der Waals surface area contributed by atoms with Crippen LogP contribution in [0, 0.1) is 0 Å². The maximum Gasteiger partial charge on any atom is 0.161 e. The normalized spacial score (nSPS) is 21.0. The zero-order valence-corrected chi connectivity index (χ0v) is 9.98. The van der Waals surface area contributed by atoms with Gasteiger partial charge in [-0.1, -0.05) is 12.1 Å². The second-order valence-corrected chi connectivity index (χ2v) is 4.24. The molecule has 3 heteroatoms. The molecular formula is C13H19NO2. The van der Waals surface area contributed by atoms with E-state index in [1.807, 2.05) is 24.3 Å². The number of ether oxygens (including phenoxy) is 2. The van der Waals surface area contributed by atoms with Crippen LogP contribution < -0.4 is 9.47 Å². The summed E-state index contributed by atoms with van der Waals surface area (Å²) in [6.07, 6.45) is 2.50. The Balaban J connectivity index is 1.93. The van der Waals surface area contributed by atoms with E-state index in [1.165, 1.54) is 19.4 Å². The predicted octanol–water partition coefficient (Wildman–Crippen LogP) is 2.17. The van der Waals surface area contributed by atoms with E-state index in [0.29, 0.717) is 6.04 Å². The highest BCUT2D eigenvalue weighted by molar-refractivity contribution is 5.39. The molecule has 1 aliphatic heterocycles. The van der Waals surface area contributed by atoms with Gasteiger partial charge < -0.3 is 14.4 Å². The number of hydrogen-bond acceptors (Lipinski definition) is 3. The summed E-state index contributed by atoms with van der Waals surface area (Å²) in [5.74, 6) is 1.65. The second kappa shape index (κ2) is 5.21. The van der Waals surface area contributed by atoms with Gasteiger partial charge in [0.25, 0.3) is 0 Å².